The number of urea groups is 2. The van der Waals surface area contributed by atoms with E-state index in [1.807, 2.05) is 26.0 Å². The highest BCUT2D eigenvalue weighted by molar-refractivity contribution is 5.95. The second-order valence-electron chi connectivity index (χ2n) is 6.91. The smallest absolute Gasteiger partial charge is 0.321 e. The molecule has 0 saturated carbocycles. The summed E-state index contributed by atoms with van der Waals surface area (Å²) >= 11 is 0. The molecule has 2 saturated heterocycles. The summed E-state index contributed by atoms with van der Waals surface area (Å²) in [6.07, 6.45) is 0.715. The molecule has 1 aromatic rings. The van der Waals surface area contributed by atoms with Crippen LogP contribution < -0.4 is 20.9 Å². The van der Waals surface area contributed by atoms with E-state index in [9.17, 15) is 9.59 Å². The van der Waals surface area contributed by atoms with Crippen LogP contribution in [-0.2, 0) is 9.47 Å². The van der Waals surface area contributed by atoms with Crippen molar-refractivity contribution in [2.45, 2.75) is 26.1 Å². The number of carbonyl (C=O) groups excluding carboxylic acids is 2. The van der Waals surface area contributed by atoms with Crippen molar-refractivity contribution in [2.24, 2.45) is 5.92 Å². The lowest BCUT2D eigenvalue weighted by Gasteiger charge is -2.26. The first-order chi connectivity index (χ1) is 12.5. The third-order valence-corrected chi connectivity index (χ3v) is 4.50. The van der Waals surface area contributed by atoms with Gasteiger partial charge < -0.3 is 25.4 Å². The van der Waals surface area contributed by atoms with Crippen LogP contribution in [0.25, 0.3) is 0 Å². The molecule has 1 unspecified atom stereocenters. The fraction of sp³-hybridized carbons (Fsp3) is 0.556. The van der Waals surface area contributed by atoms with E-state index in [2.05, 4.69) is 16.0 Å². The first-order valence-corrected chi connectivity index (χ1v) is 8.93. The molecule has 4 amide bonds. The van der Waals surface area contributed by atoms with E-state index >= 15 is 0 Å². The third-order valence-electron chi connectivity index (χ3n) is 4.50. The second-order valence-corrected chi connectivity index (χ2v) is 6.91. The Bertz CT molecular complexity index is 660. The lowest BCUT2D eigenvalue weighted by atomic mass is 10.0. The summed E-state index contributed by atoms with van der Waals surface area (Å²) in [5, 5.41) is 8.43. The van der Waals surface area contributed by atoms with Gasteiger partial charge in [0.05, 0.1) is 13.2 Å². The van der Waals surface area contributed by atoms with Crippen LogP contribution in [0.4, 0.5) is 21.0 Å². The molecule has 26 heavy (non-hydrogen) atoms. The van der Waals surface area contributed by atoms with E-state index in [0.717, 1.165) is 5.69 Å². The van der Waals surface area contributed by atoms with Crippen molar-refractivity contribution >= 4 is 23.4 Å². The first-order valence-electron chi connectivity index (χ1n) is 8.93. The minimum absolute atomic E-state index is 0.120. The van der Waals surface area contributed by atoms with Gasteiger partial charge in [-0.15, -0.1) is 0 Å². The average molecular weight is 362 g/mol. The molecule has 0 spiro atoms. The minimum atomic E-state index is -0.553. The Balaban J connectivity index is 1.48. The van der Waals surface area contributed by atoms with Crippen molar-refractivity contribution in [1.29, 1.82) is 0 Å². The Hall–Kier alpha value is -2.32. The Morgan fingerprint density at radius 3 is 2.85 bits per heavy atom. The van der Waals surface area contributed by atoms with Crippen LogP contribution in [0.2, 0.25) is 0 Å². The number of hydrogen-bond acceptors (Lipinski definition) is 4. The van der Waals surface area contributed by atoms with Crippen molar-refractivity contribution in [1.82, 2.24) is 10.6 Å². The maximum atomic E-state index is 12.2. The van der Waals surface area contributed by atoms with Gasteiger partial charge in [-0.25, -0.2) is 9.59 Å². The van der Waals surface area contributed by atoms with Crippen molar-refractivity contribution in [3.05, 3.63) is 24.3 Å². The summed E-state index contributed by atoms with van der Waals surface area (Å²) in [4.78, 5) is 25.5. The SMILES string of the molecule is CC(CNC(=O)Nc1cccc(N2CCNC2=O)c1)CC1(C)OCCO1. The maximum absolute atomic E-state index is 12.2. The van der Waals surface area contributed by atoms with Gasteiger partial charge >= 0.3 is 12.1 Å². The van der Waals surface area contributed by atoms with E-state index < -0.39 is 5.79 Å². The Kier molecular flexibility index (Phi) is 5.63. The Morgan fingerprint density at radius 2 is 2.15 bits per heavy atom. The number of hydrogen-bond donors (Lipinski definition) is 3. The number of carbonyl (C=O) groups is 2. The predicted octanol–water partition coefficient (Wildman–Crippen LogP) is 2.13. The van der Waals surface area contributed by atoms with Gasteiger partial charge in [-0.2, -0.15) is 0 Å². The van der Waals surface area contributed by atoms with Crippen LogP contribution in [0.15, 0.2) is 24.3 Å². The highest BCUT2D eigenvalue weighted by Crippen LogP contribution is 2.26. The van der Waals surface area contributed by atoms with Crippen LogP contribution in [0.5, 0.6) is 0 Å². The molecule has 8 nitrogen and oxygen atoms in total. The van der Waals surface area contributed by atoms with E-state index in [-0.39, 0.29) is 18.0 Å². The average Bonchev–Trinajstić information content (AvgIpc) is 3.22. The van der Waals surface area contributed by atoms with Crippen molar-refractivity contribution in [3.63, 3.8) is 0 Å². The number of ether oxygens (including phenoxy) is 2. The van der Waals surface area contributed by atoms with Gasteiger partial charge in [0.15, 0.2) is 5.79 Å². The van der Waals surface area contributed by atoms with Crippen molar-refractivity contribution in [3.8, 4) is 0 Å². The van der Waals surface area contributed by atoms with E-state index in [1.54, 1.807) is 17.0 Å². The second kappa shape index (κ2) is 7.92. The molecule has 2 aliphatic rings. The maximum Gasteiger partial charge on any atom is 0.321 e. The summed E-state index contributed by atoms with van der Waals surface area (Å²) in [5.74, 6) is -0.342. The van der Waals surface area contributed by atoms with Gasteiger partial charge in [0.1, 0.15) is 0 Å². The molecule has 2 heterocycles. The van der Waals surface area contributed by atoms with Crippen LogP contribution in [0, 0.1) is 5.92 Å². The van der Waals surface area contributed by atoms with Crippen LogP contribution in [-0.4, -0.2) is 50.7 Å². The molecule has 0 aromatic heterocycles. The largest absolute Gasteiger partial charge is 0.348 e. The van der Waals surface area contributed by atoms with Crippen LogP contribution in [0.1, 0.15) is 20.3 Å². The lowest BCUT2D eigenvalue weighted by molar-refractivity contribution is -0.153. The molecule has 2 aliphatic heterocycles. The minimum Gasteiger partial charge on any atom is -0.348 e. The van der Waals surface area contributed by atoms with Crippen molar-refractivity contribution < 1.29 is 19.1 Å². The monoisotopic (exact) mass is 362 g/mol. The molecule has 0 radical (unpaired) electrons. The number of rotatable bonds is 6. The van der Waals surface area contributed by atoms with Gasteiger partial charge in [0.25, 0.3) is 0 Å². The number of amides is 4. The normalized spacial score (nSPS) is 19.9. The predicted molar refractivity (Wildman–Crippen MR) is 98.3 cm³/mol. The molecule has 0 aliphatic carbocycles. The topological polar surface area (TPSA) is 91.9 Å². The lowest BCUT2D eigenvalue weighted by Crippen LogP contribution is -2.36. The van der Waals surface area contributed by atoms with E-state index in [4.69, 9.17) is 9.47 Å². The highest BCUT2D eigenvalue weighted by Gasteiger charge is 2.32. The zero-order valence-corrected chi connectivity index (χ0v) is 15.2. The van der Waals surface area contributed by atoms with Crippen LogP contribution in [0.3, 0.4) is 0 Å². The van der Waals surface area contributed by atoms with Gasteiger partial charge in [-0.1, -0.05) is 13.0 Å². The van der Waals surface area contributed by atoms with Gasteiger partial charge in [0.2, 0.25) is 0 Å². The molecule has 8 heteroatoms. The van der Waals surface area contributed by atoms with Crippen LogP contribution >= 0.6 is 0 Å². The molecule has 2 fully saturated rings. The third kappa shape index (κ3) is 4.64. The van der Waals surface area contributed by atoms with E-state index in [1.165, 1.54) is 0 Å². The molecule has 1 atom stereocenters. The molecule has 3 rings (SSSR count). The fourth-order valence-electron chi connectivity index (χ4n) is 3.29. The summed E-state index contributed by atoms with van der Waals surface area (Å²) < 4.78 is 11.2. The molecular formula is C18H26N4O4. The van der Waals surface area contributed by atoms with Gasteiger partial charge in [-0.3, -0.25) is 4.90 Å². The molecule has 3 N–H and O–H groups in total. The summed E-state index contributed by atoms with van der Waals surface area (Å²) in [6, 6.07) is 6.84. The van der Waals surface area contributed by atoms with Gasteiger partial charge in [-0.05, 0) is 31.0 Å². The number of anilines is 2. The first kappa shape index (κ1) is 18.5. The Labute approximate surface area is 153 Å². The molecule has 1 aromatic carbocycles. The summed E-state index contributed by atoms with van der Waals surface area (Å²) in [6.45, 7) is 6.96. The molecule has 0 bridgehead atoms. The quantitative estimate of drug-likeness (QED) is 0.723. The standard InChI is InChI=1S/C18H26N4O4/c1-13(11-18(2)25-8-9-26-18)12-20-16(23)21-14-4-3-5-15(10-14)22-7-6-19-17(22)24/h3-5,10,13H,6-9,11-12H2,1-2H3,(H,19,24)(H2,20,21,23). The summed E-state index contributed by atoms with van der Waals surface area (Å²) in [7, 11) is 0. The number of nitrogens with one attached hydrogen (secondary N) is 3. The molecular weight excluding hydrogens is 336 g/mol. The zero-order valence-electron chi connectivity index (χ0n) is 15.2. The fourth-order valence-corrected chi connectivity index (χ4v) is 3.29. The summed E-state index contributed by atoms with van der Waals surface area (Å²) in [5.41, 5.74) is 1.40. The Morgan fingerprint density at radius 1 is 1.38 bits per heavy atom. The highest BCUT2D eigenvalue weighted by atomic mass is 16.7. The van der Waals surface area contributed by atoms with Gasteiger partial charge in [0, 0.05) is 37.4 Å². The number of nitrogens with zero attached hydrogens (tertiary/aromatic N) is 1. The van der Waals surface area contributed by atoms with Crippen molar-refractivity contribution in [2.75, 3.05) is 43.1 Å². The van der Waals surface area contributed by atoms with E-state index in [0.29, 0.717) is 45.0 Å². The molecule has 142 valence electrons. The number of benzene rings is 1. The zero-order chi connectivity index (χ0) is 18.6.